The molecule has 0 atom stereocenters. The van der Waals surface area contributed by atoms with Crippen molar-refractivity contribution in [1.29, 1.82) is 0 Å². The molecule has 76 valence electrons. The molecule has 1 aliphatic carbocycles. The van der Waals surface area contributed by atoms with Gasteiger partial charge in [0.15, 0.2) is 6.67 Å². The second-order valence-electron chi connectivity index (χ2n) is 3.65. The van der Waals surface area contributed by atoms with Crippen molar-refractivity contribution in [3.05, 3.63) is 0 Å². The van der Waals surface area contributed by atoms with Crippen LogP contribution in [0.1, 0.15) is 38.5 Å². The van der Waals surface area contributed by atoms with Crippen LogP contribution in [0.3, 0.4) is 0 Å². The molecule has 1 rings (SSSR count). The maximum absolute atomic E-state index is 11.7. The number of ether oxygens (including phenoxy) is 1. The topological polar surface area (TPSA) is 26.3 Å². The Hall–Kier alpha value is -0.600. The zero-order chi connectivity index (χ0) is 9.52. The molecule has 0 aliphatic heterocycles. The summed E-state index contributed by atoms with van der Waals surface area (Å²) < 4.78 is 16.4. The molecule has 1 aliphatic rings. The first-order chi connectivity index (χ1) is 6.33. The van der Waals surface area contributed by atoms with Gasteiger partial charge in [0.2, 0.25) is 0 Å². The molecule has 0 amide bonds. The van der Waals surface area contributed by atoms with Crippen LogP contribution in [0.25, 0.3) is 0 Å². The Morgan fingerprint density at radius 2 is 2.00 bits per heavy atom. The average molecular weight is 188 g/mol. The Morgan fingerprint density at radius 3 is 2.62 bits per heavy atom. The quantitative estimate of drug-likeness (QED) is 0.633. The number of esters is 1. The van der Waals surface area contributed by atoms with Crippen LogP contribution >= 0.6 is 0 Å². The number of alkyl halides is 1. The molecule has 0 saturated heterocycles. The van der Waals surface area contributed by atoms with Crippen molar-refractivity contribution < 1.29 is 13.9 Å². The van der Waals surface area contributed by atoms with Gasteiger partial charge in [-0.1, -0.05) is 32.1 Å². The number of rotatable bonds is 4. The van der Waals surface area contributed by atoms with Gasteiger partial charge in [-0.25, -0.2) is 9.18 Å². The summed E-state index contributed by atoms with van der Waals surface area (Å²) in [7, 11) is 0. The molecule has 13 heavy (non-hydrogen) atoms. The Labute approximate surface area is 78.5 Å². The molecule has 1 saturated carbocycles. The molecule has 1 fully saturated rings. The van der Waals surface area contributed by atoms with Crippen molar-refractivity contribution in [1.82, 2.24) is 0 Å². The van der Waals surface area contributed by atoms with Gasteiger partial charge in [0, 0.05) is 0 Å². The van der Waals surface area contributed by atoms with E-state index < -0.39 is 12.6 Å². The van der Waals surface area contributed by atoms with Crippen LogP contribution in [0.15, 0.2) is 0 Å². The van der Waals surface area contributed by atoms with Gasteiger partial charge < -0.3 is 4.74 Å². The Kier molecular flexibility index (Phi) is 4.79. The molecule has 0 spiro atoms. The van der Waals surface area contributed by atoms with Crippen molar-refractivity contribution in [3.8, 4) is 0 Å². The predicted octanol–water partition coefficient (Wildman–Crippen LogP) is 2.47. The monoisotopic (exact) mass is 188 g/mol. The zero-order valence-electron chi connectivity index (χ0n) is 7.93. The minimum Gasteiger partial charge on any atom is -0.464 e. The summed E-state index contributed by atoms with van der Waals surface area (Å²) in [6.07, 6.45) is 7.32. The van der Waals surface area contributed by atoms with Crippen LogP contribution in [0.5, 0.6) is 0 Å². The van der Waals surface area contributed by atoms with Crippen LogP contribution < -0.4 is 0 Å². The number of hydrogen-bond acceptors (Lipinski definition) is 2. The summed E-state index contributed by atoms with van der Waals surface area (Å²) in [5.41, 5.74) is 0. The van der Waals surface area contributed by atoms with Crippen LogP contribution in [-0.2, 0) is 9.53 Å². The fourth-order valence-corrected chi connectivity index (χ4v) is 1.85. The maximum atomic E-state index is 11.7. The smallest absolute Gasteiger partial charge is 0.337 e. The van der Waals surface area contributed by atoms with Crippen molar-refractivity contribution in [2.24, 2.45) is 5.92 Å². The summed E-state index contributed by atoms with van der Waals surface area (Å²) in [6, 6.07) is 0. The van der Waals surface area contributed by atoms with Gasteiger partial charge in [-0.15, -0.1) is 0 Å². The lowest BCUT2D eigenvalue weighted by atomic mass is 9.87. The summed E-state index contributed by atoms with van der Waals surface area (Å²) in [6.45, 7) is -0.599. The molecule has 3 heteroatoms. The summed E-state index contributed by atoms with van der Waals surface area (Å²) in [5, 5.41) is 0. The lowest BCUT2D eigenvalue weighted by Gasteiger charge is -2.20. The normalized spacial score (nSPS) is 18.5. The Morgan fingerprint density at radius 1 is 1.31 bits per heavy atom. The van der Waals surface area contributed by atoms with Gasteiger partial charge in [-0.05, 0) is 12.3 Å². The van der Waals surface area contributed by atoms with Gasteiger partial charge in [0.1, 0.15) is 0 Å². The molecular formula is C10H17FO2. The van der Waals surface area contributed by atoms with Crippen LogP contribution in [0.2, 0.25) is 0 Å². The molecular weight excluding hydrogens is 171 g/mol. The van der Waals surface area contributed by atoms with E-state index in [-0.39, 0.29) is 0 Å². The van der Waals surface area contributed by atoms with E-state index in [4.69, 9.17) is 0 Å². The Bertz CT molecular complexity index is 153. The summed E-state index contributed by atoms with van der Waals surface area (Å²) >= 11 is 0. The van der Waals surface area contributed by atoms with Crippen molar-refractivity contribution in [3.63, 3.8) is 0 Å². The van der Waals surface area contributed by atoms with Gasteiger partial charge in [0.25, 0.3) is 0 Å². The number of hydrogen-bond donors (Lipinski definition) is 0. The highest BCUT2D eigenvalue weighted by Crippen LogP contribution is 2.25. The molecule has 0 aromatic rings. The zero-order valence-corrected chi connectivity index (χ0v) is 7.93. The molecule has 0 aromatic heterocycles. The second-order valence-corrected chi connectivity index (χ2v) is 3.65. The van der Waals surface area contributed by atoms with E-state index in [1.54, 1.807) is 0 Å². The third-order valence-corrected chi connectivity index (χ3v) is 2.62. The van der Waals surface area contributed by atoms with E-state index in [0.717, 1.165) is 6.42 Å². The van der Waals surface area contributed by atoms with E-state index in [0.29, 0.717) is 12.5 Å². The number of halogens is 1. The highest BCUT2D eigenvalue weighted by atomic mass is 19.1. The largest absolute Gasteiger partial charge is 0.464 e. The highest BCUT2D eigenvalue weighted by Gasteiger charge is 2.13. The lowest BCUT2D eigenvalue weighted by Crippen LogP contribution is -2.13. The lowest BCUT2D eigenvalue weighted by molar-refractivity contribution is -0.145. The second kappa shape index (κ2) is 5.95. The maximum Gasteiger partial charge on any atom is 0.337 e. The molecule has 0 aromatic carbocycles. The molecule has 0 N–H and O–H groups in total. The molecule has 0 bridgehead atoms. The minimum absolute atomic E-state index is 0.396. The summed E-state index contributed by atoms with van der Waals surface area (Å²) in [4.78, 5) is 10.5. The third kappa shape index (κ3) is 4.25. The number of carbonyl (C=O) groups excluding carboxylic acids is 1. The average Bonchev–Trinajstić information content (AvgIpc) is 2.19. The van der Waals surface area contributed by atoms with Gasteiger partial charge in [0.05, 0.1) is 6.61 Å². The van der Waals surface area contributed by atoms with E-state index in [1.165, 1.54) is 32.1 Å². The molecule has 0 unspecified atom stereocenters. The SMILES string of the molecule is O=C(CF)OCCC1CCCCC1. The minimum atomic E-state index is -0.995. The van der Waals surface area contributed by atoms with E-state index in [2.05, 4.69) is 4.74 Å². The Balaban J connectivity index is 2.01. The van der Waals surface area contributed by atoms with E-state index in [9.17, 15) is 9.18 Å². The van der Waals surface area contributed by atoms with Gasteiger partial charge in [-0.2, -0.15) is 0 Å². The van der Waals surface area contributed by atoms with E-state index in [1.807, 2.05) is 0 Å². The highest BCUT2D eigenvalue weighted by molar-refractivity contribution is 5.70. The van der Waals surface area contributed by atoms with Gasteiger partial charge >= 0.3 is 5.97 Å². The van der Waals surface area contributed by atoms with E-state index >= 15 is 0 Å². The van der Waals surface area contributed by atoms with Crippen molar-refractivity contribution in [2.45, 2.75) is 38.5 Å². The first-order valence-electron chi connectivity index (χ1n) is 5.04. The standard InChI is InChI=1S/C10H17FO2/c11-8-10(12)13-7-6-9-4-2-1-3-5-9/h9H,1-8H2. The van der Waals surface area contributed by atoms with Crippen LogP contribution in [-0.4, -0.2) is 19.3 Å². The fourth-order valence-electron chi connectivity index (χ4n) is 1.85. The fraction of sp³-hybridized carbons (Fsp3) is 0.900. The number of carbonyl (C=O) groups is 1. The van der Waals surface area contributed by atoms with Crippen LogP contribution in [0.4, 0.5) is 4.39 Å². The first-order valence-corrected chi connectivity index (χ1v) is 5.04. The predicted molar refractivity (Wildman–Crippen MR) is 48.1 cm³/mol. The third-order valence-electron chi connectivity index (χ3n) is 2.62. The van der Waals surface area contributed by atoms with Crippen LogP contribution in [0, 0.1) is 5.92 Å². The first kappa shape index (κ1) is 10.5. The van der Waals surface area contributed by atoms with Gasteiger partial charge in [-0.3, -0.25) is 0 Å². The molecule has 0 heterocycles. The molecule has 0 radical (unpaired) electrons. The molecule has 2 nitrogen and oxygen atoms in total. The van der Waals surface area contributed by atoms with Crippen molar-refractivity contribution in [2.75, 3.05) is 13.3 Å². The summed E-state index contributed by atoms with van der Waals surface area (Å²) in [5.74, 6) is -0.0306. The van der Waals surface area contributed by atoms with Crippen molar-refractivity contribution >= 4 is 5.97 Å².